The molecule has 0 radical (unpaired) electrons. The van der Waals surface area contributed by atoms with Crippen molar-refractivity contribution >= 4 is 17.5 Å². The second-order valence-electron chi connectivity index (χ2n) is 6.59. The molecule has 4 rings (SSSR count). The molecule has 1 aliphatic rings. The van der Waals surface area contributed by atoms with Crippen LogP contribution in [-0.4, -0.2) is 17.8 Å². The second-order valence-corrected chi connectivity index (χ2v) is 6.59. The quantitative estimate of drug-likeness (QED) is 0.334. The Bertz CT molecular complexity index is 1150. The third kappa shape index (κ3) is 4.00. The van der Waals surface area contributed by atoms with Crippen molar-refractivity contribution in [2.75, 3.05) is 7.11 Å². The maximum Gasteiger partial charge on any atom is 0.269 e. The number of carbonyl (C=O) groups excluding carboxylic acids is 1. The lowest BCUT2D eigenvalue weighted by molar-refractivity contribution is -0.384. The molecule has 0 saturated heterocycles. The van der Waals surface area contributed by atoms with Crippen molar-refractivity contribution in [2.24, 2.45) is 0 Å². The summed E-state index contributed by atoms with van der Waals surface area (Å²) < 4.78 is 16.6. The van der Waals surface area contributed by atoms with Gasteiger partial charge in [-0.3, -0.25) is 14.9 Å². The van der Waals surface area contributed by atoms with Crippen molar-refractivity contribution in [1.82, 2.24) is 0 Å². The highest BCUT2D eigenvalue weighted by Gasteiger charge is 2.27. The molecule has 7 heteroatoms. The summed E-state index contributed by atoms with van der Waals surface area (Å²) in [6.07, 6.45) is 1.66. The Kier molecular flexibility index (Phi) is 5.17. The number of nitrogens with zero attached hydrogens (tertiary/aromatic N) is 1. The van der Waals surface area contributed by atoms with Gasteiger partial charge in [0.15, 0.2) is 5.76 Å². The maximum atomic E-state index is 12.6. The number of fused-ring (bicyclic) bond motifs is 1. The lowest BCUT2D eigenvalue weighted by atomic mass is 10.1. The van der Waals surface area contributed by atoms with Gasteiger partial charge in [0.2, 0.25) is 5.78 Å². The molecule has 3 aromatic rings. The molecule has 150 valence electrons. The van der Waals surface area contributed by atoms with Gasteiger partial charge in [0.1, 0.15) is 23.9 Å². The smallest absolute Gasteiger partial charge is 0.269 e. The molecule has 0 amide bonds. The molecule has 0 aromatic heterocycles. The van der Waals surface area contributed by atoms with Crippen LogP contribution in [0.25, 0.3) is 6.08 Å². The molecule has 3 aromatic carbocycles. The molecule has 1 heterocycles. The zero-order chi connectivity index (χ0) is 21.1. The summed E-state index contributed by atoms with van der Waals surface area (Å²) in [6.45, 7) is 0.263. The fourth-order valence-electron chi connectivity index (χ4n) is 3.02. The molecule has 0 fully saturated rings. The molecule has 0 N–H and O–H groups in total. The minimum absolute atomic E-state index is 0.0345. The minimum Gasteiger partial charge on any atom is -0.497 e. The number of hydrogen-bond acceptors (Lipinski definition) is 6. The number of rotatable bonds is 6. The molecule has 0 unspecified atom stereocenters. The van der Waals surface area contributed by atoms with Gasteiger partial charge in [-0.1, -0.05) is 12.1 Å². The van der Waals surface area contributed by atoms with E-state index in [0.29, 0.717) is 22.8 Å². The molecule has 0 atom stereocenters. The van der Waals surface area contributed by atoms with Gasteiger partial charge in [-0.15, -0.1) is 0 Å². The Balaban J connectivity index is 1.47. The largest absolute Gasteiger partial charge is 0.497 e. The van der Waals surface area contributed by atoms with Crippen LogP contribution < -0.4 is 14.2 Å². The summed E-state index contributed by atoms with van der Waals surface area (Å²) in [6, 6.07) is 18.5. The van der Waals surface area contributed by atoms with E-state index in [0.717, 1.165) is 11.1 Å². The second kappa shape index (κ2) is 8.08. The first-order valence-electron chi connectivity index (χ1n) is 9.12. The van der Waals surface area contributed by atoms with Gasteiger partial charge in [0.05, 0.1) is 17.6 Å². The van der Waals surface area contributed by atoms with E-state index in [1.807, 2.05) is 12.1 Å². The van der Waals surface area contributed by atoms with Crippen molar-refractivity contribution in [3.8, 4) is 17.2 Å². The minimum atomic E-state index is -0.442. The Morgan fingerprint density at radius 3 is 2.57 bits per heavy atom. The topological polar surface area (TPSA) is 87.9 Å². The zero-order valence-electron chi connectivity index (χ0n) is 16.0. The van der Waals surface area contributed by atoms with Crippen molar-refractivity contribution in [1.29, 1.82) is 0 Å². The van der Waals surface area contributed by atoms with Crippen LogP contribution in [0.3, 0.4) is 0 Å². The number of methoxy groups -OCH3 is 1. The zero-order valence-corrected chi connectivity index (χ0v) is 16.0. The van der Waals surface area contributed by atoms with Gasteiger partial charge < -0.3 is 14.2 Å². The van der Waals surface area contributed by atoms with E-state index in [1.54, 1.807) is 55.7 Å². The molecule has 0 spiro atoms. The fourth-order valence-corrected chi connectivity index (χ4v) is 3.02. The Hall–Kier alpha value is -4.13. The molecule has 1 aliphatic heterocycles. The highest BCUT2D eigenvalue weighted by atomic mass is 16.6. The molecule has 0 bridgehead atoms. The van der Waals surface area contributed by atoms with E-state index < -0.39 is 4.92 Å². The summed E-state index contributed by atoms with van der Waals surface area (Å²) >= 11 is 0. The first-order valence-corrected chi connectivity index (χ1v) is 9.12. The lowest BCUT2D eigenvalue weighted by Crippen LogP contribution is -1.98. The summed E-state index contributed by atoms with van der Waals surface area (Å²) in [5, 5.41) is 10.7. The number of non-ortho nitro benzene ring substituents is 1. The first-order chi connectivity index (χ1) is 14.5. The van der Waals surface area contributed by atoms with Gasteiger partial charge in [0.25, 0.3) is 5.69 Å². The van der Waals surface area contributed by atoms with Gasteiger partial charge >= 0.3 is 0 Å². The number of allylic oxidation sites excluding steroid dienone is 1. The average molecular weight is 403 g/mol. The van der Waals surface area contributed by atoms with Gasteiger partial charge in [0, 0.05) is 18.2 Å². The third-order valence-corrected chi connectivity index (χ3v) is 4.59. The van der Waals surface area contributed by atoms with E-state index in [9.17, 15) is 14.9 Å². The van der Waals surface area contributed by atoms with Crippen molar-refractivity contribution in [3.63, 3.8) is 0 Å². The normalized spacial score (nSPS) is 13.6. The van der Waals surface area contributed by atoms with Crippen LogP contribution in [0.15, 0.2) is 72.5 Å². The SMILES string of the molecule is COc1ccc2c(c1)O/C(=C\c1cccc(OCc3ccc([N+](=O)[O-])cc3)c1)C2=O. The van der Waals surface area contributed by atoms with Crippen LogP contribution in [0, 0.1) is 10.1 Å². The summed E-state index contributed by atoms with van der Waals surface area (Å²) in [5.41, 5.74) is 2.09. The highest BCUT2D eigenvalue weighted by molar-refractivity contribution is 6.14. The summed E-state index contributed by atoms with van der Waals surface area (Å²) in [5.74, 6) is 1.73. The Morgan fingerprint density at radius 2 is 1.83 bits per heavy atom. The lowest BCUT2D eigenvalue weighted by Gasteiger charge is -2.07. The molecule has 30 heavy (non-hydrogen) atoms. The molecular formula is C23H17NO6. The van der Waals surface area contributed by atoms with Crippen LogP contribution >= 0.6 is 0 Å². The molecule has 7 nitrogen and oxygen atoms in total. The number of nitro groups is 1. The molecular weight excluding hydrogens is 386 g/mol. The number of nitro benzene ring substituents is 1. The van der Waals surface area contributed by atoms with Gasteiger partial charge in [-0.25, -0.2) is 0 Å². The van der Waals surface area contributed by atoms with Crippen LogP contribution in [0.4, 0.5) is 5.69 Å². The van der Waals surface area contributed by atoms with Gasteiger partial charge in [-0.05, 0) is 53.6 Å². The number of carbonyl (C=O) groups is 1. The number of ether oxygens (including phenoxy) is 3. The Morgan fingerprint density at radius 1 is 1.03 bits per heavy atom. The first kappa shape index (κ1) is 19.2. The summed E-state index contributed by atoms with van der Waals surface area (Å²) in [4.78, 5) is 22.8. The van der Waals surface area contributed by atoms with Gasteiger partial charge in [-0.2, -0.15) is 0 Å². The van der Waals surface area contributed by atoms with E-state index in [2.05, 4.69) is 0 Å². The Labute approximate surface area is 172 Å². The number of benzene rings is 3. The van der Waals surface area contributed by atoms with Crippen LogP contribution in [0.1, 0.15) is 21.5 Å². The predicted molar refractivity (Wildman–Crippen MR) is 110 cm³/mol. The highest BCUT2D eigenvalue weighted by Crippen LogP contribution is 2.35. The van der Waals surface area contributed by atoms with Crippen molar-refractivity contribution < 1.29 is 23.9 Å². The third-order valence-electron chi connectivity index (χ3n) is 4.59. The van der Waals surface area contributed by atoms with E-state index in [1.165, 1.54) is 12.1 Å². The van der Waals surface area contributed by atoms with Crippen molar-refractivity contribution in [2.45, 2.75) is 6.61 Å². The van der Waals surface area contributed by atoms with E-state index >= 15 is 0 Å². The molecule has 0 aliphatic carbocycles. The molecule has 0 saturated carbocycles. The number of hydrogen-bond donors (Lipinski definition) is 0. The number of Topliss-reactive ketones (excluding diaryl/α,β-unsaturated/α-hetero) is 1. The van der Waals surface area contributed by atoms with Crippen LogP contribution in [0.5, 0.6) is 17.2 Å². The van der Waals surface area contributed by atoms with Crippen molar-refractivity contribution in [3.05, 3.63) is 99.3 Å². The fraction of sp³-hybridized carbons (Fsp3) is 0.0870. The maximum absolute atomic E-state index is 12.6. The van der Waals surface area contributed by atoms with Crippen LogP contribution in [0.2, 0.25) is 0 Å². The average Bonchev–Trinajstić information content (AvgIpc) is 3.07. The van der Waals surface area contributed by atoms with E-state index in [-0.39, 0.29) is 23.8 Å². The standard InChI is InChI=1S/C23H17NO6/c1-28-18-9-10-20-21(13-18)30-22(23(20)25)12-16-3-2-4-19(11-16)29-14-15-5-7-17(8-6-15)24(26)27/h2-13H,14H2,1H3/b22-12-. The monoisotopic (exact) mass is 403 g/mol. The summed E-state index contributed by atoms with van der Waals surface area (Å²) in [7, 11) is 1.55. The number of ketones is 1. The predicted octanol–water partition coefficient (Wildman–Crippen LogP) is 4.80. The van der Waals surface area contributed by atoms with Crippen LogP contribution in [-0.2, 0) is 6.61 Å². The van der Waals surface area contributed by atoms with E-state index in [4.69, 9.17) is 14.2 Å².